The van der Waals surface area contributed by atoms with Gasteiger partial charge in [0.2, 0.25) is 0 Å². The minimum atomic E-state index is -1.35. The zero-order chi connectivity index (χ0) is 11.4. The Morgan fingerprint density at radius 2 is 2.13 bits per heavy atom. The summed E-state index contributed by atoms with van der Waals surface area (Å²) in [6.45, 7) is 0. The number of hydrogen-bond donors (Lipinski definition) is 2. The van der Waals surface area contributed by atoms with Crippen LogP contribution in [0.2, 0.25) is 5.02 Å². The van der Waals surface area contributed by atoms with Crippen molar-refractivity contribution in [2.45, 2.75) is 18.6 Å². The fraction of sp³-hybridized carbons (Fsp3) is 0.300. The molecule has 0 amide bonds. The van der Waals surface area contributed by atoms with Crippen molar-refractivity contribution in [3.05, 3.63) is 34.6 Å². The first-order valence-electron chi connectivity index (χ1n) is 4.25. The quantitative estimate of drug-likeness (QED) is 0.831. The van der Waals surface area contributed by atoms with Crippen molar-refractivity contribution in [1.82, 2.24) is 0 Å². The Hall–Kier alpha value is -1.15. The second-order valence-electron chi connectivity index (χ2n) is 3.02. The lowest BCUT2D eigenvalue weighted by atomic mass is 10.0. The van der Waals surface area contributed by atoms with E-state index in [1.54, 1.807) is 6.07 Å². The highest BCUT2D eigenvalue weighted by molar-refractivity contribution is 6.31. The van der Waals surface area contributed by atoms with E-state index >= 15 is 0 Å². The molecule has 2 N–H and O–H groups in total. The number of hydrogen-bond acceptors (Lipinski definition) is 3. The normalized spacial score (nSPS) is 14.3. The summed E-state index contributed by atoms with van der Waals surface area (Å²) in [5.41, 5.74) is 0.0828. The Labute approximate surface area is 91.3 Å². The zero-order valence-electron chi connectivity index (χ0n) is 7.69. The fourth-order valence-electron chi connectivity index (χ4n) is 1.16. The van der Waals surface area contributed by atoms with Gasteiger partial charge in [0.15, 0.2) is 0 Å². The molecule has 0 aliphatic heterocycles. The smallest absolute Gasteiger partial charge is 0.142 e. The SMILES string of the molecule is N#CCC(O)C(O)c1cccc(F)c1Cl. The van der Waals surface area contributed by atoms with Crippen LogP contribution in [0.4, 0.5) is 4.39 Å². The highest BCUT2D eigenvalue weighted by atomic mass is 35.5. The van der Waals surface area contributed by atoms with Crippen LogP contribution in [-0.4, -0.2) is 16.3 Å². The molecule has 0 radical (unpaired) electrons. The molecule has 15 heavy (non-hydrogen) atoms. The van der Waals surface area contributed by atoms with E-state index in [4.69, 9.17) is 16.9 Å². The first kappa shape index (κ1) is 11.9. The van der Waals surface area contributed by atoms with Crippen molar-refractivity contribution in [3.63, 3.8) is 0 Å². The van der Waals surface area contributed by atoms with Crippen molar-refractivity contribution >= 4 is 11.6 Å². The molecule has 3 nitrogen and oxygen atoms in total. The third-order valence-corrected chi connectivity index (χ3v) is 2.36. The van der Waals surface area contributed by atoms with Crippen LogP contribution in [0.25, 0.3) is 0 Å². The average Bonchev–Trinajstić information content (AvgIpc) is 2.21. The number of nitriles is 1. The minimum absolute atomic E-state index is 0.0828. The van der Waals surface area contributed by atoms with Crippen LogP contribution in [0.3, 0.4) is 0 Å². The predicted molar refractivity (Wildman–Crippen MR) is 52.6 cm³/mol. The summed E-state index contributed by atoms with van der Waals surface area (Å²) in [6.07, 6.45) is -2.87. The maximum Gasteiger partial charge on any atom is 0.142 e. The van der Waals surface area contributed by atoms with E-state index in [0.717, 1.165) is 6.07 Å². The van der Waals surface area contributed by atoms with Crippen LogP contribution in [-0.2, 0) is 0 Å². The lowest BCUT2D eigenvalue weighted by Crippen LogP contribution is -2.18. The summed E-state index contributed by atoms with van der Waals surface area (Å²) in [5.74, 6) is -0.669. The second kappa shape index (κ2) is 5.08. The number of rotatable bonds is 3. The summed E-state index contributed by atoms with van der Waals surface area (Å²) in [7, 11) is 0. The van der Waals surface area contributed by atoms with Gasteiger partial charge in [0.25, 0.3) is 0 Å². The number of halogens is 2. The van der Waals surface area contributed by atoms with Gasteiger partial charge in [-0.2, -0.15) is 5.26 Å². The summed E-state index contributed by atoms with van der Waals surface area (Å²) < 4.78 is 13.0. The lowest BCUT2D eigenvalue weighted by Gasteiger charge is -2.16. The Bertz CT molecular complexity index is 391. The maximum atomic E-state index is 13.0. The first-order chi connectivity index (χ1) is 7.07. The van der Waals surface area contributed by atoms with Crippen LogP contribution in [0.1, 0.15) is 18.1 Å². The number of nitrogens with zero attached hydrogens (tertiary/aromatic N) is 1. The largest absolute Gasteiger partial charge is 0.389 e. The van der Waals surface area contributed by atoms with Crippen molar-refractivity contribution < 1.29 is 14.6 Å². The molecule has 1 aromatic carbocycles. The lowest BCUT2D eigenvalue weighted by molar-refractivity contribution is 0.0215. The summed E-state index contributed by atoms with van der Waals surface area (Å²) >= 11 is 5.60. The van der Waals surface area contributed by atoms with Crippen molar-refractivity contribution in [3.8, 4) is 6.07 Å². The number of aliphatic hydroxyl groups is 2. The van der Waals surface area contributed by atoms with Gasteiger partial charge in [0.1, 0.15) is 11.9 Å². The Balaban J connectivity index is 2.96. The monoisotopic (exact) mass is 229 g/mol. The van der Waals surface area contributed by atoms with Crippen LogP contribution in [0.15, 0.2) is 18.2 Å². The topological polar surface area (TPSA) is 64.2 Å². The zero-order valence-corrected chi connectivity index (χ0v) is 8.45. The van der Waals surface area contributed by atoms with Gasteiger partial charge in [-0.25, -0.2) is 4.39 Å². The molecule has 0 saturated heterocycles. The molecular weight excluding hydrogens is 221 g/mol. The van der Waals surface area contributed by atoms with Crippen LogP contribution < -0.4 is 0 Å². The first-order valence-corrected chi connectivity index (χ1v) is 4.62. The van der Waals surface area contributed by atoms with Gasteiger partial charge in [0, 0.05) is 5.56 Å². The molecular formula is C10H9ClFNO2. The molecule has 0 saturated carbocycles. The molecule has 0 aliphatic carbocycles. The number of benzene rings is 1. The third kappa shape index (κ3) is 2.66. The molecule has 0 fully saturated rings. The van der Waals surface area contributed by atoms with Gasteiger partial charge in [0.05, 0.1) is 23.6 Å². The van der Waals surface area contributed by atoms with Crippen LogP contribution in [0.5, 0.6) is 0 Å². The summed E-state index contributed by atoms with van der Waals surface area (Å²) in [4.78, 5) is 0. The molecule has 0 bridgehead atoms. The van der Waals surface area contributed by atoms with Gasteiger partial charge in [-0.3, -0.25) is 0 Å². The Morgan fingerprint density at radius 3 is 2.73 bits per heavy atom. The standard InChI is InChI=1S/C10H9ClFNO2/c11-9-6(2-1-3-7(9)12)10(15)8(14)4-5-13/h1-3,8,10,14-15H,4H2. The Kier molecular flexibility index (Phi) is 4.04. The molecule has 2 unspecified atom stereocenters. The maximum absolute atomic E-state index is 13.0. The highest BCUT2D eigenvalue weighted by Crippen LogP contribution is 2.28. The van der Waals surface area contributed by atoms with E-state index < -0.39 is 18.0 Å². The van der Waals surface area contributed by atoms with Crippen molar-refractivity contribution in [2.24, 2.45) is 0 Å². The third-order valence-electron chi connectivity index (χ3n) is 1.96. The number of aliphatic hydroxyl groups excluding tert-OH is 2. The van der Waals surface area contributed by atoms with Gasteiger partial charge in [-0.05, 0) is 6.07 Å². The average molecular weight is 230 g/mol. The molecule has 0 heterocycles. The summed E-state index contributed by atoms with van der Waals surface area (Å²) in [5, 5.41) is 27.0. The second-order valence-corrected chi connectivity index (χ2v) is 3.40. The van der Waals surface area contributed by atoms with E-state index in [2.05, 4.69) is 0 Å². The summed E-state index contributed by atoms with van der Waals surface area (Å²) in [6, 6.07) is 5.63. The molecule has 80 valence electrons. The molecule has 1 rings (SSSR count). The van der Waals surface area contributed by atoms with E-state index in [0.29, 0.717) is 0 Å². The molecule has 2 atom stereocenters. The van der Waals surface area contributed by atoms with Gasteiger partial charge >= 0.3 is 0 Å². The van der Waals surface area contributed by atoms with Gasteiger partial charge in [-0.1, -0.05) is 23.7 Å². The van der Waals surface area contributed by atoms with Crippen molar-refractivity contribution in [1.29, 1.82) is 5.26 Å². The van der Waals surface area contributed by atoms with Crippen molar-refractivity contribution in [2.75, 3.05) is 0 Å². The van der Waals surface area contributed by atoms with Gasteiger partial charge < -0.3 is 10.2 Å². The van der Waals surface area contributed by atoms with E-state index in [1.165, 1.54) is 12.1 Å². The fourth-order valence-corrected chi connectivity index (χ4v) is 1.40. The van der Waals surface area contributed by atoms with E-state index in [-0.39, 0.29) is 17.0 Å². The van der Waals surface area contributed by atoms with E-state index in [1.807, 2.05) is 0 Å². The van der Waals surface area contributed by atoms with Crippen LogP contribution >= 0.6 is 11.6 Å². The highest BCUT2D eigenvalue weighted by Gasteiger charge is 2.21. The molecule has 1 aromatic rings. The molecule has 0 aromatic heterocycles. The molecule has 0 aliphatic rings. The minimum Gasteiger partial charge on any atom is -0.389 e. The predicted octanol–water partition coefficient (Wildman–Crippen LogP) is 1.79. The van der Waals surface area contributed by atoms with Gasteiger partial charge in [-0.15, -0.1) is 0 Å². The van der Waals surface area contributed by atoms with Crippen LogP contribution in [0, 0.1) is 17.1 Å². The van der Waals surface area contributed by atoms with E-state index in [9.17, 15) is 14.6 Å². The Morgan fingerprint density at radius 1 is 1.47 bits per heavy atom. The molecule has 5 heteroatoms. The molecule has 0 spiro atoms.